The molecule has 2 aromatic heterocycles. The van der Waals surface area contributed by atoms with Gasteiger partial charge in [0, 0.05) is 26.4 Å². The molecule has 16 nitrogen and oxygen atoms in total. The molecule has 210 valence electrons. The summed E-state index contributed by atoms with van der Waals surface area (Å²) in [5, 5.41) is 11.8. The molecule has 2 N–H and O–H groups in total. The second kappa shape index (κ2) is 9.31. The van der Waals surface area contributed by atoms with Gasteiger partial charge in [-0.25, -0.2) is 25.3 Å². The Bertz CT molecular complexity index is 2380. The smallest absolute Gasteiger partial charge is 0.197 e. The van der Waals surface area contributed by atoms with Gasteiger partial charge in [-0.1, -0.05) is 0 Å². The highest BCUT2D eigenvalue weighted by Gasteiger charge is 2.20. The van der Waals surface area contributed by atoms with Gasteiger partial charge < -0.3 is 28.9 Å². The van der Waals surface area contributed by atoms with E-state index in [1.165, 1.54) is 0 Å². The van der Waals surface area contributed by atoms with Gasteiger partial charge in [-0.05, 0) is 36.4 Å². The number of pyridine rings is 2. The molecule has 40 heavy (non-hydrogen) atoms. The first-order valence-corrected chi connectivity index (χ1v) is 15.2. The van der Waals surface area contributed by atoms with Crippen molar-refractivity contribution < 1.29 is 53.5 Å². The van der Waals surface area contributed by atoms with Crippen molar-refractivity contribution in [1.29, 1.82) is 0 Å². The third-order valence-electron chi connectivity index (χ3n) is 5.79. The van der Waals surface area contributed by atoms with Crippen molar-refractivity contribution in [3.63, 3.8) is 0 Å². The Hall–Kier alpha value is -3.44. The number of hydrogen-bond acceptors (Lipinski definition) is 15. The highest BCUT2D eigenvalue weighted by atomic mass is 32.2. The maximum absolute atomic E-state index is 13.4. The maximum Gasteiger partial charge on any atom is 0.197 e. The molecule has 0 radical (unpaired) electrons. The van der Waals surface area contributed by atoms with Crippen LogP contribution in [0.3, 0.4) is 0 Å². The molecule has 0 aliphatic heterocycles. The zero-order chi connectivity index (χ0) is 29.4. The van der Waals surface area contributed by atoms with Gasteiger partial charge in [-0.3, -0.25) is 14.6 Å². The molecule has 0 saturated carbocycles. The number of H-pyrrole nitrogens is 2. The number of benzene rings is 3. The van der Waals surface area contributed by atoms with Crippen LogP contribution in [0.2, 0.25) is 0 Å². The summed E-state index contributed by atoms with van der Waals surface area (Å²) in [6, 6.07) is 4.85. The normalized spacial score (nSPS) is 13.1. The maximum atomic E-state index is 13.4. The quantitative estimate of drug-likeness (QED) is 0.0796. The average Bonchev–Trinajstić information content (AvgIpc) is 2.85. The van der Waals surface area contributed by atoms with Crippen molar-refractivity contribution in [3.8, 4) is 0 Å². The first kappa shape index (κ1) is 28.1. The van der Waals surface area contributed by atoms with E-state index in [1.54, 1.807) is 0 Å². The molecule has 0 fully saturated rings. The lowest BCUT2D eigenvalue weighted by Gasteiger charge is -2.16. The van der Waals surface area contributed by atoms with Crippen molar-refractivity contribution in [2.75, 3.05) is 0 Å². The van der Waals surface area contributed by atoms with E-state index in [4.69, 9.17) is 0 Å². The standard InChI is InChI=1S/C20H12N2O14S4/c23-19-9-5-14-10(20(24)12-3-8(38(26,27)28)4-16(18(12)22-14)40(32,33)34)6-13(9)21-17-11(19)1-7(37-36-35-25)2-15(17)39(29,30)31/h1-6,25H,(H,21,23)(H,22,24)(H,26,27,28)(H,29,30,31)(H,32,33,34)/p-4. The molecule has 3 aromatic carbocycles. The van der Waals surface area contributed by atoms with E-state index in [1.807, 2.05) is 0 Å². The fourth-order valence-electron chi connectivity index (χ4n) is 4.18. The monoisotopic (exact) mass is 628 g/mol. The molecule has 0 spiro atoms. The summed E-state index contributed by atoms with van der Waals surface area (Å²) in [7, 11) is -16.0. The molecular formula is C20H8N2O14S4-4. The van der Waals surface area contributed by atoms with E-state index in [0.717, 1.165) is 24.3 Å². The van der Waals surface area contributed by atoms with Crippen molar-refractivity contribution in [1.82, 2.24) is 9.97 Å². The summed E-state index contributed by atoms with van der Waals surface area (Å²) >= 11 is 0.202. The highest BCUT2D eigenvalue weighted by Crippen LogP contribution is 2.31. The lowest BCUT2D eigenvalue weighted by Crippen LogP contribution is -2.13. The third kappa shape index (κ3) is 4.75. The number of fused-ring (bicyclic) bond motifs is 4. The van der Waals surface area contributed by atoms with Crippen LogP contribution >= 0.6 is 12.0 Å². The Kier molecular flexibility index (Phi) is 6.54. The van der Waals surface area contributed by atoms with Gasteiger partial charge in [0.1, 0.15) is 30.4 Å². The number of hydrogen-bond donors (Lipinski definition) is 2. The van der Waals surface area contributed by atoms with Gasteiger partial charge in [0.25, 0.3) is 0 Å². The van der Waals surface area contributed by atoms with Gasteiger partial charge in [0.15, 0.2) is 10.9 Å². The minimum absolute atomic E-state index is 0.177. The van der Waals surface area contributed by atoms with Crippen molar-refractivity contribution in [3.05, 3.63) is 56.8 Å². The van der Waals surface area contributed by atoms with Crippen LogP contribution in [-0.2, 0) is 39.7 Å². The van der Waals surface area contributed by atoms with Gasteiger partial charge >= 0.3 is 0 Å². The molecule has 0 unspecified atom stereocenters. The van der Waals surface area contributed by atoms with E-state index < -0.39 is 72.3 Å². The molecule has 0 atom stereocenters. The molecule has 0 aliphatic carbocycles. The van der Waals surface area contributed by atoms with Crippen LogP contribution in [0.4, 0.5) is 0 Å². The summed E-state index contributed by atoms with van der Waals surface area (Å²) in [5.41, 5.74) is -3.42. The summed E-state index contributed by atoms with van der Waals surface area (Å²) in [5.74, 6) is 0. The van der Waals surface area contributed by atoms with Crippen LogP contribution in [-0.4, -0.2) is 48.9 Å². The number of rotatable bonds is 6. The zero-order valence-electron chi connectivity index (χ0n) is 18.8. The minimum atomic E-state index is -5.43. The van der Waals surface area contributed by atoms with Crippen molar-refractivity contribution in [2.45, 2.75) is 19.6 Å². The molecule has 5 aromatic rings. The summed E-state index contributed by atoms with van der Waals surface area (Å²) in [4.78, 5) is 28.3. The predicted octanol–water partition coefficient (Wildman–Crippen LogP) is -0.381. The summed E-state index contributed by atoms with van der Waals surface area (Å²) in [6.07, 6.45) is 0. The van der Waals surface area contributed by atoms with Crippen LogP contribution in [0.5, 0.6) is 0 Å². The fraction of sp³-hybridized carbons (Fsp3) is 0. The van der Waals surface area contributed by atoms with Crippen LogP contribution in [0, 0.1) is 0 Å². The average molecular weight is 629 g/mol. The van der Waals surface area contributed by atoms with Crippen LogP contribution in [0.25, 0.3) is 43.6 Å². The van der Waals surface area contributed by atoms with Gasteiger partial charge in [-0.2, -0.15) is 4.33 Å². The molecule has 2 heterocycles. The predicted molar refractivity (Wildman–Crippen MR) is 130 cm³/mol. The number of aromatic amines is 2. The van der Waals surface area contributed by atoms with E-state index in [2.05, 4.69) is 19.3 Å². The Morgan fingerprint density at radius 3 is 1.55 bits per heavy atom. The second-order valence-electron chi connectivity index (χ2n) is 8.12. The molecule has 0 aliphatic rings. The lowest BCUT2D eigenvalue weighted by molar-refractivity contribution is -0.777. The third-order valence-corrected chi connectivity index (χ3v) is 8.88. The zero-order valence-corrected chi connectivity index (χ0v) is 22.1. The minimum Gasteiger partial charge on any atom is -0.744 e. The number of nitrogens with one attached hydrogen (secondary N) is 2. The Morgan fingerprint density at radius 1 is 0.625 bits per heavy atom. The van der Waals surface area contributed by atoms with Gasteiger partial charge in [-0.15, -0.1) is 0 Å². The first-order valence-electron chi connectivity index (χ1n) is 10.2. The van der Waals surface area contributed by atoms with E-state index >= 15 is 0 Å². The SMILES string of the molecule is O=c1c2cc3[nH]c4c(S(=O)(=O)[O-])cc(S(=O)(=O)[O-])cc4c(=O)c3cc2[nH]c2c(S(=O)(=O)[O-])cc(SOO[O-])cc12. The van der Waals surface area contributed by atoms with Crippen molar-refractivity contribution >= 4 is 86.0 Å². The Morgan fingerprint density at radius 2 is 1.10 bits per heavy atom. The fourth-order valence-corrected chi connectivity index (χ4v) is 6.65. The van der Waals surface area contributed by atoms with Gasteiger partial charge in [0.05, 0.1) is 48.8 Å². The Labute approximate surface area is 225 Å². The largest absolute Gasteiger partial charge is 0.744 e. The van der Waals surface area contributed by atoms with Crippen molar-refractivity contribution in [2.24, 2.45) is 0 Å². The topological polar surface area (TPSA) is 279 Å². The van der Waals surface area contributed by atoms with Crippen LogP contribution < -0.4 is 16.1 Å². The molecule has 5 rings (SSSR count). The van der Waals surface area contributed by atoms with Crippen LogP contribution in [0.15, 0.2) is 65.6 Å². The van der Waals surface area contributed by atoms with E-state index in [-0.39, 0.29) is 44.1 Å². The number of aromatic nitrogens is 2. The van der Waals surface area contributed by atoms with E-state index in [9.17, 15) is 53.8 Å². The molecule has 0 bridgehead atoms. The first-order chi connectivity index (χ1) is 18.5. The lowest BCUT2D eigenvalue weighted by atomic mass is 10.1. The van der Waals surface area contributed by atoms with Gasteiger partial charge in [0.2, 0.25) is 0 Å². The Balaban J connectivity index is 1.96. The molecule has 0 saturated heterocycles. The van der Waals surface area contributed by atoms with E-state index in [0.29, 0.717) is 12.1 Å². The van der Waals surface area contributed by atoms with Crippen LogP contribution in [0.1, 0.15) is 0 Å². The summed E-state index contributed by atoms with van der Waals surface area (Å²) < 4.78 is 110. The summed E-state index contributed by atoms with van der Waals surface area (Å²) in [6.45, 7) is 0. The highest BCUT2D eigenvalue weighted by molar-refractivity contribution is 7.94. The second-order valence-corrected chi connectivity index (χ2v) is 13.0. The molecule has 0 amide bonds. The molecular weight excluding hydrogens is 620 g/mol. The molecule has 20 heteroatoms.